The molecule has 0 saturated carbocycles. The molecule has 2 saturated heterocycles. The maximum absolute atomic E-state index is 3.51. The van der Waals surface area contributed by atoms with E-state index in [1.807, 2.05) is 0 Å². The van der Waals surface area contributed by atoms with E-state index in [2.05, 4.69) is 17.1 Å². The minimum Gasteiger partial charge on any atom is -0.316 e. The van der Waals surface area contributed by atoms with E-state index in [0.29, 0.717) is 0 Å². The summed E-state index contributed by atoms with van der Waals surface area (Å²) in [5.74, 6) is 1.86. The van der Waals surface area contributed by atoms with Gasteiger partial charge in [0, 0.05) is 13.1 Å². The summed E-state index contributed by atoms with van der Waals surface area (Å²) < 4.78 is 0. The fourth-order valence-electron chi connectivity index (χ4n) is 2.90. The lowest BCUT2D eigenvalue weighted by molar-refractivity contribution is 0.148. The highest BCUT2D eigenvalue weighted by atomic mass is 15.1. The van der Waals surface area contributed by atoms with E-state index in [-0.39, 0.29) is 0 Å². The van der Waals surface area contributed by atoms with Crippen LogP contribution in [-0.2, 0) is 0 Å². The Balaban J connectivity index is 1.72. The molecular weight excluding hydrogens is 172 g/mol. The summed E-state index contributed by atoms with van der Waals surface area (Å²) in [6.45, 7) is 8.93. The van der Waals surface area contributed by atoms with Crippen LogP contribution in [0.25, 0.3) is 0 Å². The van der Waals surface area contributed by atoms with E-state index in [9.17, 15) is 0 Å². The Labute approximate surface area is 88.1 Å². The lowest BCUT2D eigenvalue weighted by atomic mass is 9.95. The fourth-order valence-corrected chi connectivity index (χ4v) is 2.90. The number of nitrogens with one attached hydrogen (secondary N) is 1. The molecule has 0 bridgehead atoms. The van der Waals surface area contributed by atoms with Crippen molar-refractivity contribution in [1.82, 2.24) is 10.2 Å². The molecule has 1 N–H and O–H groups in total. The number of piperidine rings is 2. The number of hydrogen-bond acceptors (Lipinski definition) is 2. The lowest BCUT2D eigenvalue weighted by Gasteiger charge is -2.35. The highest BCUT2D eigenvalue weighted by Gasteiger charge is 2.20. The van der Waals surface area contributed by atoms with E-state index in [0.717, 1.165) is 11.8 Å². The van der Waals surface area contributed by atoms with Crippen LogP contribution in [0.3, 0.4) is 0 Å². The second kappa shape index (κ2) is 5.13. The van der Waals surface area contributed by atoms with Gasteiger partial charge in [0.1, 0.15) is 0 Å². The molecule has 2 heteroatoms. The second-order valence-electron chi connectivity index (χ2n) is 5.22. The Kier molecular flexibility index (Phi) is 3.82. The highest BCUT2D eigenvalue weighted by molar-refractivity contribution is 4.76. The third-order valence-corrected chi connectivity index (χ3v) is 3.66. The zero-order chi connectivity index (χ0) is 9.80. The van der Waals surface area contributed by atoms with Crippen LogP contribution in [0.15, 0.2) is 0 Å². The Hall–Kier alpha value is -0.0800. The van der Waals surface area contributed by atoms with E-state index < -0.39 is 0 Å². The third-order valence-electron chi connectivity index (χ3n) is 3.66. The highest BCUT2D eigenvalue weighted by Crippen LogP contribution is 2.18. The van der Waals surface area contributed by atoms with Gasteiger partial charge in [0.25, 0.3) is 0 Å². The average molecular weight is 196 g/mol. The first kappa shape index (κ1) is 10.4. The van der Waals surface area contributed by atoms with Crippen LogP contribution in [0.2, 0.25) is 0 Å². The van der Waals surface area contributed by atoms with Gasteiger partial charge in [-0.15, -0.1) is 0 Å². The minimum atomic E-state index is 0.925. The molecule has 0 aromatic carbocycles. The van der Waals surface area contributed by atoms with Crippen molar-refractivity contribution >= 4 is 0 Å². The Morgan fingerprint density at radius 3 is 2.93 bits per heavy atom. The Bertz CT molecular complexity index is 164. The molecule has 2 aliphatic heterocycles. The van der Waals surface area contributed by atoms with Crippen molar-refractivity contribution in [1.29, 1.82) is 0 Å². The maximum Gasteiger partial charge on any atom is 0.00219 e. The molecule has 0 spiro atoms. The first-order valence-electron chi connectivity index (χ1n) is 6.27. The monoisotopic (exact) mass is 196 g/mol. The summed E-state index contributed by atoms with van der Waals surface area (Å²) in [6, 6.07) is 0. The normalized spacial score (nSPS) is 35.8. The first-order chi connectivity index (χ1) is 6.84. The van der Waals surface area contributed by atoms with Crippen molar-refractivity contribution in [3.63, 3.8) is 0 Å². The molecule has 0 aromatic heterocycles. The SMILES string of the molecule is C[C@@H]1CCCN(C[C@@H]2CCCNC2)C1. The minimum absolute atomic E-state index is 0.925. The average Bonchev–Trinajstić information content (AvgIpc) is 2.19. The van der Waals surface area contributed by atoms with Crippen LogP contribution in [0.5, 0.6) is 0 Å². The summed E-state index contributed by atoms with van der Waals surface area (Å²) in [5, 5.41) is 3.51. The van der Waals surface area contributed by atoms with Gasteiger partial charge >= 0.3 is 0 Å². The van der Waals surface area contributed by atoms with Gasteiger partial charge in [0.15, 0.2) is 0 Å². The zero-order valence-corrected chi connectivity index (χ0v) is 9.47. The lowest BCUT2D eigenvalue weighted by Crippen LogP contribution is -2.42. The van der Waals surface area contributed by atoms with Crippen molar-refractivity contribution in [3.05, 3.63) is 0 Å². The predicted octanol–water partition coefficient (Wildman–Crippen LogP) is 1.72. The van der Waals surface area contributed by atoms with Crippen LogP contribution in [-0.4, -0.2) is 37.6 Å². The summed E-state index contributed by atoms with van der Waals surface area (Å²) >= 11 is 0. The fraction of sp³-hybridized carbons (Fsp3) is 1.00. The van der Waals surface area contributed by atoms with Crippen molar-refractivity contribution in [2.75, 3.05) is 32.7 Å². The molecule has 2 nitrogen and oxygen atoms in total. The number of hydrogen-bond donors (Lipinski definition) is 1. The second-order valence-corrected chi connectivity index (χ2v) is 5.22. The van der Waals surface area contributed by atoms with Gasteiger partial charge in [-0.3, -0.25) is 0 Å². The quantitative estimate of drug-likeness (QED) is 0.723. The van der Waals surface area contributed by atoms with E-state index in [1.54, 1.807) is 0 Å². The molecule has 0 aliphatic carbocycles. The molecule has 2 rings (SSSR count). The molecule has 82 valence electrons. The predicted molar refractivity (Wildman–Crippen MR) is 60.4 cm³/mol. The third kappa shape index (κ3) is 2.96. The Morgan fingerprint density at radius 1 is 1.29 bits per heavy atom. The molecule has 0 radical (unpaired) electrons. The van der Waals surface area contributed by atoms with Crippen molar-refractivity contribution in [3.8, 4) is 0 Å². The molecule has 2 aliphatic rings. The van der Waals surface area contributed by atoms with E-state index in [1.165, 1.54) is 58.4 Å². The summed E-state index contributed by atoms with van der Waals surface area (Å²) in [4.78, 5) is 2.69. The van der Waals surface area contributed by atoms with Gasteiger partial charge in [-0.25, -0.2) is 0 Å². The number of likely N-dealkylation sites (tertiary alicyclic amines) is 1. The van der Waals surface area contributed by atoms with Crippen molar-refractivity contribution in [2.45, 2.75) is 32.6 Å². The van der Waals surface area contributed by atoms with Gasteiger partial charge in [-0.2, -0.15) is 0 Å². The molecule has 2 atom stereocenters. The van der Waals surface area contributed by atoms with Gasteiger partial charge < -0.3 is 10.2 Å². The first-order valence-corrected chi connectivity index (χ1v) is 6.27. The topological polar surface area (TPSA) is 15.3 Å². The van der Waals surface area contributed by atoms with E-state index in [4.69, 9.17) is 0 Å². The van der Waals surface area contributed by atoms with Crippen molar-refractivity contribution in [2.24, 2.45) is 11.8 Å². The van der Waals surface area contributed by atoms with Crippen LogP contribution < -0.4 is 5.32 Å². The number of rotatable bonds is 2. The van der Waals surface area contributed by atoms with Gasteiger partial charge in [0.2, 0.25) is 0 Å². The number of nitrogens with zero attached hydrogens (tertiary/aromatic N) is 1. The standard InChI is InChI=1S/C12H24N2/c1-11-4-3-7-14(9-11)10-12-5-2-6-13-8-12/h11-13H,2-10H2,1H3/t11-,12-/m1/s1. The van der Waals surface area contributed by atoms with Gasteiger partial charge in [-0.1, -0.05) is 6.92 Å². The Morgan fingerprint density at radius 2 is 2.21 bits per heavy atom. The summed E-state index contributed by atoms with van der Waals surface area (Å²) in [5.41, 5.74) is 0. The molecule has 14 heavy (non-hydrogen) atoms. The maximum atomic E-state index is 3.51. The van der Waals surface area contributed by atoms with Crippen LogP contribution in [0, 0.1) is 11.8 Å². The largest absolute Gasteiger partial charge is 0.316 e. The van der Waals surface area contributed by atoms with Gasteiger partial charge in [0.05, 0.1) is 0 Å². The smallest absolute Gasteiger partial charge is 0.00219 e. The van der Waals surface area contributed by atoms with Crippen LogP contribution >= 0.6 is 0 Å². The molecule has 2 heterocycles. The summed E-state index contributed by atoms with van der Waals surface area (Å²) in [6.07, 6.45) is 5.69. The molecule has 0 unspecified atom stereocenters. The molecular formula is C12H24N2. The molecule has 0 amide bonds. The van der Waals surface area contributed by atoms with Crippen LogP contribution in [0.4, 0.5) is 0 Å². The molecule has 0 aromatic rings. The van der Waals surface area contributed by atoms with Crippen LogP contribution in [0.1, 0.15) is 32.6 Å². The summed E-state index contributed by atoms with van der Waals surface area (Å²) in [7, 11) is 0. The van der Waals surface area contributed by atoms with E-state index >= 15 is 0 Å². The van der Waals surface area contributed by atoms with Crippen molar-refractivity contribution < 1.29 is 0 Å². The van der Waals surface area contributed by atoms with Gasteiger partial charge in [-0.05, 0) is 57.2 Å². The zero-order valence-electron chi connectivity index (χ0n) is 9.47. The molecule has 2 fully saturated rings.